The van der Waals surface area contributed by atoms with Gasteiger partial charge in [0.2, 0.25) is 0 Å². The standard InChI is InChI=1S/C18H22FNO/c1-4-20-13(3)17-10-9-15(19)12-18(17)14-7-6-8-16(11-14)21-5-2/h6-13,20H,4-5H2,1-3H3. The van der Waals surface area contributed by atoms with E-state index in [-0.39, 0.29) is 11.9 Å². The van der Waals surface area contributed by atoms with Gasteiger partial charge in [-0.3, -0.25) is 0 Å². The molecule has 0 fully saturated rings. The molecule has 0 bridgehead atoms. The number of benzene rings is 2. The highest BCUT2D eigenvalue weighted by Crippen LogP contribution is 2.31. The minimum atomic E-state index is -0.223. The summed E-state index contributed by atoms with van der Waals surface area (Å²) >= 11 is 0. The zero-order chi connectivity index (χ0) is 15.2. The van der Waals surface area contributed by atoms with Crippen molar-refractivity contribution in [1.29, 1.82) is 0 Å². The third-order valence-corrected chi connectivity index (χ3v) is 3.45. The molecule has 0 heterocycles. The first-order valence-corrected chi connectivity index (χ1v) is 7.41. The van der Waals surface area contributed by atoms with Crippen molar-refractivity contribution in [3.05, 3.63) is 53.8 Å². The average molecular weight is 287 g/mol. The largest absolute Gasteiger partial charge is 0.494 e. The maximum atomic E-state index is 13.7. The van der Waals surface area contributed by atoms with E-state index in [9.17, 15) is 4.39 Å². The number of halogens is 1. The van der Waals surface area contributed by atoms with E-state index < -0.39 is 0 Å². The van der Waals surface area contributed by atoms with E-state index in [1.165, 1.54) is 6.07 Å². The number of nitrogens with one attached hydrogen (secondary N) is 1. The van der Waals surface area contributed by atoms with Crippen molar-refractivity contribution in [3.8, 4) is 16.9 Å². The van der Waals surface area contributed by atoms with Crippen molar-refractivity contribution in [2.75, 3.05) is 13.2 Å². The summed E-state index contributed by atoms with van der Waals surface area (Å²) in [5.74, 6) is 0.584. The number of hydrogen-bond donors (Lipinski definition) is 1. The molecule has 112 valence electrons. The van der Waals surface area contributed by atoms with Gasteiger partial charge in [-0.2, -0.15) is 0 Å². The summed E-state index contributed by atoms with van der Waals surface area (Å²) in [7, 11) is 0. The molecule has 0 saturated carbocycles. The lowest BCUT2D eigenvalue weighted by Gasteiger charge is -2.18. The van der Waals surface area contributed by atoms with Gasteiger partial charge < -0.3 is 10.1 Å². The Morgan fingerprint density at radius 3 is 2.67 bits per heavy atom. The summed E-state index contributed by atoms with van der Waals surface area (Å²) in [5, 5.41) is 3.38. The highest BCUT2D eigenvalue weighted by molar-refractivity contribution is 5.69. The van der Waals surface area contributed by atoms with Crippen molar-refractivity contribution in [1.82, 2.24) is 5.32 Å². The highest BCUT2D eigenvalue weighted by atomic mass is 19.1. The van der Waals surface area contributed by atoms with E-state index in [0.717, 1.165) is 29.0 Å². The van der Waals surface area contributed by atoms with Crippen molar-refractivity contribution >= 4 is 0 Å². The van der Waals surface area contributed by atoms with Gasteiger partial charge in [-0.1, -0.05) is 25.1 Å². The van der Waals surface area contributed by atoms with Gasteiger partial charge in [-0.25, -0.2) is 4.39 Å². The Morgan fingerprint density at radius 2 is 1.95 bits per heavy atom. The van der Waals surface area contributed by atoms with Crippen LogP contribution in [0, 0.1) is 5.82 Å². The molecule has 2 rings (SSSR count). The average Bonchev–Trinajstić information content (AvgIpc) is 2.48. The van der Waals surface area contributed by atoms with Gasteiger partial charge in [0.15, 0.2) is 0 Å². The predicted octanol–water partition coefficient (Wildman–Crippen LogP) is 4.56. The zero-order valence-corrected chi connectivity index (χ0v) is 12.8. The predicted molar refractivity (Wildman–Crippen MR) is 85.1 cm³/mol. The van der Waals surface area contributed by atoms with E-state index in [0.29, 0.717) is 6.61 Å². The minimum absolute atomic E-state index is 0.168. The molecular formula is C18H22FNO. The second-order valence-electron chi connectivity index (χ2n) is 4.97. The Bertz CT molecular complexity index is 598. The van der Waals surface area contributed by atoms with Crippen molar-refractivity contribution in [3.63, 3.8) is 0 Å². The molecule has 2 nitrogen and oxygen atoms in total. The van der Waals surface area contributed by atoms with Crippen LogP contribution in [0.15, 0.2) is 42.5 Å². The molecule has 0 aromatic heterocycles. The normalized spacial score (nSPS) is 12.2. The van der Waals surface area contributed by atoms with E-state index in [1.807, 2.05) is 37.3 Å². The minimum Gasteiger partial charge on any atom is -0.494 e. The lowest BCUT2D eigenvalue weighted by atomic mass is 9.95. The summed E-state index contributed by atoms with van der Waals surface area (Å²) in [5.41, 5.74) is 2.97. The SMILES string of the molecule is CCNC(C)c1ccc(F)cc1-c1cccc(OCC)c1. The summed E-state index contributed by atoms with van der Waals surface area (Å²) < 4.78 is 19.2. The Hall–Kier alpha value is -1.87. The molecule has 1 atom stereocenters. The first kappa shape index (κ1) is 15.5. The van der Waals surface area contributed by atoms with Crippen LogP contribution in [-0.4, -0.2) is 13.2 Å². The maximum absolute atomic E-state index is 13.7. The first-order chi connectivity index (χ1) is 10.2. The second kappa shape index (κ2) is 7.23. The molecule has 2 aromatic rings. The monoisotopic (exact) mass is 287 g/mol. The fourth-order valence-electron chi connectivity index (χ4n) is 2.49. The van der Waals surface area contributed by atoms with Crippen LogP contribution >= 0.6 is 0 Å². The first-order valence-electron chi connectivity index (χ1n) is 7.41. The highest BCUT2D eigenvalue weighted by Gasteiger charge is 2.12. The summed E-state index contributed by atoms with van der Waals surface area (Å²) in [6.45, 7) is 7.60. The van der Waals surface area contributed by atoms with Crippen LogP contribution in [0.3, 0.4) is 0 Å². The molecule has 0 radical (unpaired) electrons. The smallest absolute Gasteiger partial charge is 0.123 e. The van der Waals surface area contributed by atoms with Gasteiger partial charge in [-0.15, -0.1) is 0 Å². The second-order valence-corrected chi connectivity index (χ2v) is 4.97. The Morgan fingerprint density at radius 1 is 1.14 bits per heavy atom. The van der Waals surface area contributed by atoms with Crippen LogP contribution < -0.4 is 10.1 Å². The molecule has 21 heavy (non-hydrogen) atoms. The van der Waals surface area contributed by atoms with Crippen LogP contribution in [0.25, 0.3) is 11.1 Å². The van der Waals surface area contributed by atoms with Gasteiger partial charge >= 0.3 is 0 Å². The third kappa shape index (κ3) is 3.82. The summed E-state index contributed by atoms with van der Waals surface area (Å²) in [4.78, 5) is 0. The van der Waals surface area contributed by atoms with Gasteiger partial charge in [-0.05, 0) is 61.3 Å². The van der Waals surface area contributed by atoms with Crippen molar-refractivity contribution in [2.45, 2.75) is 26.8 Å². The van der Waals surface area contributed by atoms with Crippen LogP contribution in [-0.2, 0) is 0 Å². The van der Waals surface area contributed by atoms with Crippen LogP contribution in [0.4, 0.5) is 4.39 Å². The Balaban J connectivity index is 2.46. The molecular weight excluding hydrogens is 265 g/mol. The molecule has 1 unspecified atom stereocenters. The van der Waals surface area contributed by atoms with E-state index in [1.54, 1.807) is 6.07 Å². The van der Waals surface area contributed by atoms with Gasteiger partial charge in [0.05, 0.1) is 6.61 Å². The topological polar surface area (TPSA) is 21.3 Å². The zero-order valence-electron chi connectivity index (χ0n) is 12.8. The molecule has 0 saturated heterocycles. The molecule has 3 heteroatoms. The van der Waals surface area contributed by atoms with Crippen LogP contribution in [0.1, 0.15) is 32.4 Å². The van der Waals surface area contributed by atoms with Crippen LogP contribution in [0.2, 0.25) is 0 Å². The Kier molecular flexibility index (Phi) is 5.34. The van der Waals surface area contributed by atoms with Gasteiger partial charge in [0.25, 0.3) is 0 Å². The number of ether oxygens (including phenoxy) is 1. The van der Waals surface area contributed by atoms with Gasteiger partial charge in [0.1, 0.15) is 11.6 Å². The summed E-state index contributed by atoms with van der Waals surface area (Å²) in [6.07, 6.45) is 0. The van der Waals surface area contributed by atoms with Crippen molar-refractivity contribution in [2.24, 2.45) is 0 Å². The Labute approximate surface area is 126 Å². The molecule has 0 aliphatic carbocycles. The molecule has 2 aromatic carbocycles. The fraction of sp³-hybridized carbons (Fsp3) is 0.333. The maximum Gasteiger partial charge on any atom is 0.123 e. The third-order valence-electron chi connectivity index (χ3n) is 3.45. The lowest BCUT2D eigenvalue weighted by Crippen LogP contribution is -2.18. The van der Waals surface area contributed by atoms with E-state index in [2.05, 4.69) is 19.2 Å². The number of rotatable bonds is 6. The summed E-state index contributed by atoms with van der Waals surface area (Å²) in [6, 6.07) is 12.9. The molecule has 0 spiro atoms. The van der Waals surface area contributed by atoms with Gasteiger partial charge in [0, 0.05) is 6.04 Å². The fourth-order valence-corrected chi connectivity index (χ4v) is 2.49. The van der Waals surface area contributed by atoms with E-state index >= 15 is 0 Å². The molecule has 0 aliphatic heterocycles. The van der Waals surface area contributed by atoms with E-state index in [4.69, 9.17) is 4.74 Å². The van der Waals surface area contributed by atoms with Crippen molar-refractivity contribution < 1.29 is 9.13 Å². The molecule has 1 N–H and O–H groups in total. The molecule has 0 amide bonds. The lowest BCUT2D eigenvalue weighted by molar-refractivity contribution is 0.340. The number of hydrogen-bond acceptors (Lipinski definition) is 2. The van der Waals surface area contributed by atoms with Crippen LogP contribution in [0.5, 0.6) is 5.75 Å². The molecule has 0 aliphatic rings. The quantitative estimate of drug-likeness (QED) is 0.840.